The van der Waals surface area contributed by atoms with Crippen molar-refractivity contribution in [1.82, 2.24) is 0 Å². The molecule has 0 atom stereocenters. The number of benzene rings is 1. The topological polar surface area (TPSA) is 26.0 Å². The maximum Gasteiger partial charge on any atom is 0.0387 e. The van der Waals surface area contributed by atoms with Gasteiger partial charge in [0.2, 0.25) is 0 Å². The average Bonchev–Trinajstić information content (AvgIpc) is 2.11. The van der Waals surface area contributed by atoms with E-state index in [1.54, 1.807) is 0 Å². The Labute approximate surface area is 84.2 Å². The maximum absolute atomic E-state index is 5.79. The van der Waals surface area contributed by atoms with Crippen molar-refractivity contribution in [3.63, 3.8) is 0 Å². The second kappa shape index (κ2) is 4.93. The second-order valence-corrected chi connectivity index (χ2v) is 3.39. The number of hydrogen-bond donors (Lipinski definition) is 1. The summed E-state index contributed by atoms with van der Waals surface area (Å²) in [5.74, 6) is 0.655. The van der Waals surface area contributed by atoms with Gasteiger partial charge in [-0.25, -0.2) is 0 Å². The molecule has 0 fully saturated rings. The minimum atomic E-state index is 0.655. The van der Waals surface area contributed by atoms with Gasteiger partial charge < -0.3 is 5.73 Å². The van der Waals surface area contributed by atoms with Crippen molar-refractivity contribution in [2.75, 3.05) is 11.6 Å². The molecule has 0 aliphatic rings. The molecule has 0 aliphatic carbocycles. The zero-order chi connectivity index (χ0) is 9.68. The van der Waals surface area contributed by atoms with Gasteiger partial charge in [-0.2, -0.15) is 0 Å². The van der Waals surface area contributed by atoms with E-state index in [1.165, 1.54) is 5.56 Å². The minimum Gasteiger partial charge on any atom is -0.398 e. The number of nitrogen functional groups attached to an aromatic ring is 1. The lowest BCUT2D eigenvalue weighted by Crippen LogP contribution is -1.89. The normalized spacial score (nSPS) is 10.9. The van der Waals surface area contributed by atoms with Gasteiger partial charge in [-0.3, -0.25) is 0 Å². The molecule has 0 amide bonds. The Morgan fingerprint density at radius 3 is 2.92 bits per heavy atom. The molecule has 0 saturated carbocycles. The van der Waals surface area contributed by atoms with Gasteiger partial charge in [-0.15, -0.1) is 11.6 Å². The third-order valence-corrected chi connectivity index (χ3v) is 2.03. The number of halogens is 1. The molecule has 0 bridgehead atoms. The summed E-state index contributed by atoms with van der Waals surface area (Å²) in [5, 5.41) is 0. The number of aryl methyl sites for hydroxylation is 1. The van der Waals surface area contributed by atoms with Crippen LogP contribution in [0.2, 0.25) is 0 Å². The fourth-order valence-corrected chi connectivity index (χ4v) is 1.24. The third kappa shape index (κ3) is 3.11. The van der Waals surface area contributed by atoms with Gasteiger partial charge in [0.25, 0.3) is 0 Å². The number of rotatable bonds is 3. The van der Waals surface area contributed by atoms with Crippen LogP contribution < -0.4 is 5.73 Å². The van der Waals surface area contributed by atoms with Crippen molar-refractivity contribution in [1.29, 1.82) is 0 Å². The molecule has 0 aromatic heterocycles. The Morgan fingerprint density at radius 2 is 2.23 bits per heavy atom. The Hall–Kier alpha value is -0.950. The van der Waals surface area contributed by atoms with Gasteiger partial charge in [0, 0.05) is 11.6 Å². The first-order valence-electron chi connectivity index (χ1n) is 4.32. The smallest absolute Gasteiger partial charge is 0.0387 e. The van der Waals surface area contributed by atoms with Crippen LogP contribution >= 0.6 is 11.6 Å². The molecule has 1 aromatic carbocycles. The van der Waals surface area contributed by atoms with Crippen LogP contribution in [0.4, 0.5) is 5.69 Å². The molecule has 2 heteroatoms. The van der Waals surface area contributed by atoms with Crippen LogP contribution in [-0.4, -0.2) is 5.88 Å². The summed E-state index contributed by atoms with van der Waals surface area (Å²) in [6.45, 7) is 2.05. The van der Waals surface area contributed by atoms with Crippen LogP contribution in [0.15, 0.2) is 24.3 Å². The molecule has 0 aliphatic heterocycles. The fraction of sp³-hybridized carbons (Fsp3) is 0.273. The van der Waals surface area contributed by atoms with E-state index in [2.05, 4.69) is 13.0 Å². The zero-order valence-electron chi connectivity index (χ0n) is 7.76. The first kappa shape index (κ1) is 10.1. The number of nitrogens with two attached hydrogens (primary N) is 1. The lowest BCUT2D eigenvalue weighted by molar-refractivity contribution is 1.24. The fourth-order valence-electron chi connectivity index (χ4n) is 1.11. The summed E-state index contributed by atoms with van der Waals surface area (Å²) < 4.78 is 0. The highest BCUT2D eigenvalue weighted by Crippen LogP contribution is 2.15. The summed E-state index contributed by atoms with van der Waals surface area (Å²) in [6, 6.07) is 6.00. The molecule has 13 heavy (non-hydrogen) atoms. The Morgan fingerprint density at radius 1 is 1.46 bits per heavy atom. The Kier molecular flexibility index (Phi) is 3.84. The van der Waals surface area contributed by atoms with Gasteiger partial charge >= 0.3 is 0 Å². The molecule has 0 spiro atoms. The molecule has 1 aromatic rings. The first-order valence-corrected chi connectivity index (χ1v) is 4.86. The number of allylic oxidation sites excluding steroid dienone is 1. The highest BCUT2D eigenvalue weighted by molar-refractivity contribution is 6.17. The lowest BCUT2D eigenvalue weighted by Gasteiger charge is -2.00. The van der Waals surface area contributed by atoms with E-state index in [9.17, 15) is 0 Å². The monoisotopic (exact) mass is 195 g/mol. The quantitative estimate of drug-likeness (QED) is 0.582. The standard InChI is InChI=1S/C11H14ClN/c1-9-5-6-11(13)10(8-9)4-2-3-7-12/h2,4-6,8H,3,7,13H2,1H3. The van der Waals surface area contributed by atoms with Gasteiger partial charge in [0.05, 0.1) is 0 Å². The molecule has 0 saturated heterocycles. The summed E-state index contributed by atoms with van der Waals surface area (Å²) in [4.78, 5) is 0. The van der Waals surface area contributed by atoms with E-state index in [0.717, 1.165) is 17.7 Å². The zero-order valence-corrected chi connectivity index (χ0v) is 8.51. The summed E-state index contributed by atoms with van der Waals surface area (Å²) >= 11 is 5.56. The molecule has 1 rings (SSSR count). The predicted octanol–water partition coefficient (Wildman–Crippen LogP) is 3.22. The number of hydrogen-bond acceptors (Lipinski definition) is 1. The molecule has 0 radical (unpaired) electrons. The van der Waals surface area contributed by atoms with Crippen molar-refractivity contribution in [2.24, 2.45) is 0 Å². The lowest BCUT2D eigenvalue weighted by atomic mass is 10.1. The highest BCUT2D eigenvalue weighted by Gasteiger charge is 1.93. The summed E-state index contributed by atoms with van der Waals surface area (Å²) in [5.41, 5.74) is 8.90. The predicted molar refractivity (Wildman–Crippen MR) is 60.0 cm³/mol. The summed E-state index contributed by atoms with van der Waals surface area (Å²) in [7, 11) is 0. The second-order valence-electron chi connectivity index (χ2n) is 3.01. The van der Waals surface area contributed by atoms with Gasteiger partial charge in [0.1, 0.15) is 0 Å². The van der Waals surface area contributed by atoms with Gasteiger partial charge in [0.15, 0.2) is 0 Å². The van der Waals surface area contributed by atoms with Crippen LogP contribution in [-0.2, 0) is 0 Å². The van der Waals surface area contributed by atoms with E-state index in [0.29, 0.717) is 5.88 Å². The largest absolute Gasteiger partial charge is 0.398 e. The van der Waals surface area contributed by atoms with E-state index >= 15 is 0 Å². The minimum absolute atomic E-state index is 0.655. The molecule has 2 N–H and O–H groups in total. The molecule has 70 valence electrons. The number of anilines is 1. The molecular formula is C11H14ClN. The van der Waals surface area contributed by atoms with Crippen molar-refractivity contribution >= 4 is 23.4 Å². The van der Waals surface area contributed by atoms with Crippen molar-refractivity contribution < 1.29 is 0 Å². The van der Waals surface area contributed by atoms with E-state index in [-0.39, 0.29) is 0 Å². The van der Waals surface area contributed by atoms with Crippen molar-refractivity contribution in [3.8, 4) is 0 Å². The molecule has 0 heterocycles. The SMILES string of the molecule is Cc1ccc(N)c(C=CCCCl)c1. The van der Waals surface area contributed by atoms with Gasteiger partial charge in [-0.1, -0.05) is 23.8 Å². The van der Waals surface area contributed by atoms with Crippen LogP contribution in [0, 0.1) is 6.92 Å². The summed E-state index contributed by atoms with van der Waals surface area (Å²) in [6.07, 6.45) is 4.94. The Balaban J connectivity index is 2.81. The Bertz CT molecular complexity index is 305. The van der Waals surface area contributed by atoms with E-state index in [4.69, 9.17) is 17.3 Å². The van der Waals surface area contributed by atoms with Gasteiger partial charge in [-0.05, 0) is 31.0 Å². The van der Waals surface area contributed by atoms with E-state index in [1.807, 2.05) is 24.3 Å². The van der Waals surface area contributed by atoms with Crippen LogP contribution in [0.25, 0.3) is 6.08 Å². The molecule has 0 unspecified atom stereocenters. The number of alkyl halides is 1. The first-order chi connectivity index (χ1) is 6.24. The van der Waals surface area contributed by atoms with Crippen LogP contribution in [0.5, 0.6) is 0 Å². The maximum atomic E-state index is 5.79. The molecular weight excluding hydrogens is 182 g/mol. The van der Waals surface area contributed by atoms with Crippen molar-refractivity contribution in [3.05, 3.63) is 35.4 Å². The third-order valence-electron chi connectivity index (χ3n) is 1.82. The molecule has 1 nitrogen and oxygen atoms in total. The van der Waals surface area contributed by atoms with Crippen LogP contribution in [0.3, 0.4) is 0 Å². The van der Waals surface area contributed by atoms with Crippen LogP contribution in [0.1, 0.15) is 17.5 Å². The van der Waals surface area contributed by atoms with E-state index < -0.39 is 0 Å². The highest BCUT2D eigenvalue weighted by atomic mass is 35.5. The average molecular weight is 196 g/mol. The van der Waals surface area contributed by atoms with Crippen molar-refractivity contribution in [2.45, 2.75) is 13.3 Å².